The molecule has 1 amide bonds. The lowest BCUT2D eigenvalue weighted by molar-refractivity contribution is -0.137. The quantitative estimate of drug-likeness (QED) is 0.385. The number of carbonyl (C=O) groups excluding carboxylic acids is 1. The Morgan fingerprint density at radius 2 is 1.68 bits per heavy atom. The minimum Gasteiger partial charge on any atom is -0.273 e. The number of nitrogens with zero attached hydrogens (tertiary/aromatic N) is 3. The van der Waals surface area contributed by atoms with Gasteiger partial charge in [-0.25, -0.2) is 18.8 Å². The predicted molar refractivity (Wildman–Crippen MR) is 113 cm³/mol. The van der Waals surface area contributed by atoms with Crippen molar-refractivity contribution in [3.05, 3.63) is 95.3 Å². The van der Waals surface area contributed by atoms with Crippen LogP contribution >= 0.6 is 0 Å². The molecular formula is C24H15F5N4O. The van der Waals surface area contributed by atoms with Crippen molar-refractivity contribution in [2.75, 3.05) is 4.90 Å². The zero-order chi connectivity index (χ0) is 24.0. The number of carbonyl (C=O) groups is 1. The molecule has 0 saturated carbocycles. The predicted octanol–water partition coefficient (Wildman–Crippen LogP) is 5.77. The van der Waals surface area contributed by atoms with Gasteiger partial charge in [-0.05, 0) is 65.1 Å². The molecule has 34 heavy (non-hydrogen) atoms. The minimum atomic E-state index is -4.50. The van der Waals surface area contributed by atoms with E-state index in [0.717, 1.165) is 30.3 Å². The van der Waals surface area contributed by atoms with Crippen molar-refractivity contribution in [2.45, 2.75) is 18.5 Å². The monoisotopic (exact) mass is 470 g/mol. The average Bonchev–Trinajstić information content (AvgIpc) is 3.39. The number of fused-ring (bicyclic) bond motifs is 1. The lowest BCUT2D eigenvalue weighted by atomic mass is 9.90. The van der Waals surface area contributed by atoms with Gasteiger partial charge < -0.3 is 0 Å². The number of aromatic amines is 1. The van der Waals surface area contributed by atoms with E-state index in [9.17, 15) is 26.7 Å². The molecule has 0 spiro atoms. The van der Waals surface area contributed by atoms with Crippen molar-refractivity contribution in [1.29, 1.82) is 0 Å². The van der Waals surface area contributed by atoms with Crippen LogP contribution in [0.4, 0.5) is 33.6 Å². The highest BCUT2D eigenvalue weighted by Gasteiger charge is 2.40. The third kappa shape index (κ3) is 3.91. The van der Waals surface area contributed by atoms with Crippen LogP contribution in [0.5, 0.6) is 0 Å². The van der Waals surface area contributed by atoms with Gasteiger partial charge in [0.05, 0.1) is 17.2 Å². The second kappa shape index (κ2) is 8.05. The van der Waals surface area contributed by atoms with Gasteiger partial charge in [0.2, 0.25) is 11.9 Å². The highest BCUT2D eigenvalue weighted by molar-refractivity contribution is 6.09. The zero-order valence-electron chi connectivity index (χ0n) is 17.3. The Bertz CT molecular complexity index is 1360. The van der Waals surface area contributed by atoms with Gasteiger partial charge in [-0.15, -0.1) is 0 Å². The normalized spacial score (nSPS) is 15.6. The highest BCUT2D eigenvalue weighted by Crippen LogP contribution is 2.44. The molecule has 172 valence electrons. The number of alkyl halides is 3. The molecule has 5 nitrogen and oxygen atoms in total. The molecule has 1 N–H and O–H groups in total. The van der Waals surface area contributed by atoms with Crippen molar-refractivity contribution in [2.24, 2.45) is 0 Å². The Labute approximate surface area is 189 Å². The summed E-state index contributed by atoms with van der Waals surface area (Å²) >= 11 is 0. The second-order valence-electron chi connectivity index (χ2n) is 7.87. The summed E-state index contributed by atoms with van der Waals surface area (Å²) in [6, 6.07) is 12.7. The molecule has 1 atom stereocenters. The van der Waals surface area contributed by atoms with Crippen LogP contribution in [0.25, 0.3) is 11.1 Å². The maximum absolute atomic E-state index is 13.8. The molecule has 1 unspecified atom stereocenters. The van der Waals surface area contributed by atoms with Crippen molar-refractivity contribution >= 4 is 17.5 Å². The van der Waals surface area contributed by atoms with Crippen LogP contribution in [0.15, 0.2) is 67.0 Å². The summed E-state index contributed by atoms with van der Waals surface area (Å²) in [5.74, 6) is -2.63. The SMILES string of the molecule is O=C1C(Cc2cc(F)cc(F)c2)c2cc(-c3cccc(C(F)(F)F)c3)ccc2N1c1ncn[nH]1. The van der Waals surface area contributed by atoms with Crippen LogP contribution in [-0.2, 0) is 17.4 Å². The average molecular weight is 470 g/mol. The Balaban J connectivity index is 1.61. The van der Waals surface area contributed by atoms with E-state index in [-0.39, 0.29) is 17.9 Å². The Morgan fingerprint density at radius 3 is 2.35 bits per heavy atom. The Morgan fingerprint density at radius 1 is 0.941 bits per heavy atom. The number of H-pyrrole nitrogens is 1. The van der Waals surface area contributed by atoms with Gasteiger partial charge in [0.1, 0.15) is 18.0 Å². The van der Waals surface area contributed by atoms with Crippen LogP contribution < -0.4 is 4.90 Å². The first kappa shape index (κ1) is 21.7. The zero-order valence-corrected chi connectivity index (χ0v) is 17.3. The van der Waals surface area contributed by atoms with Crippen LogP contribution in [0, 0.1) is 11.6 Å². The molecule has 10 heteroatoms. The number of hydrogen-bond acceptors (Lipinski definition) is 3. The largest absolute Gasteiger partial charge is 0.416 e. The van der Waals surface area contributed by atoms with E-state index in [1.165, 1.54) is 17.3 Å². The topological polar surface area (TPSA) is 61.9 Å². The number of halogens is 5. The third-order valence-corrected chi connectivity index (χ3v) is 5.66. The molecule has 0 bridgehead atoms. The van der Waals surface area contributed by atoms with Crippen LogP contribution in [0.1, 0.15) is 22.6 Å². The fourth-order valence-corrected chi connectivity index (χ4v) is 4.19. The molecule has 2 heterocycles. The van der Waals surface area contributed by atoms with E-state index >= 15 is 0 Å². The summed E-state index contributed by atoms with van der Waals surface area (Å²) in [6.45, 7) is 0. The first-order chi connectivity index (χ1) is 16.2. The minimum absolute atomic E-state index is 0.0167. The lowest BCUT2D eigenvalue weighted by Gasteiger charge is -2.14. The number of rotatable bonds is 4. The summed E-state index contributed by atoms with van der Waals surface area (Å²) in [7, 11) is 0. The molecule has 4 aromatic rings. The van der Waals surface area contributed by atoms with Gasteiger partial charge >= 0.3 is 6.18 Å². The molecule has 1 aliphatic heterocycles. The summed E-state index contributed by atoms with van der Waals surface area (Å²) in [6.07, 6.45) is -3.29. The van der Waals surface area contributed by atoms with Crippen molar-refractivity contribution in [3.63, 3.8) is 0 Å². The van der Waals surface area contributed by atoms with E-state index in [1.54, 1.807) is 24.3 Å². The van der Waals surface area contributed by atoms with E-state index in [1.807, 2.05) is 0 Å². The van der Waals surface area contributed by atoms with E-state index < -0.39 is 35.2 Å². The maximum atomic E-state index is 13.8. The van der Waals surface area contributed by atoms with E-state index in [4.69, 9.17) is 0 Å². The fraction of sp³-hybridized carbons (Fsp3) is 0.125. The molecule has 0 saturated heterocycles. The lowest BCUT2D eigenvalue weighted by Crippen LogP contribution is -2.25. The number of amides is 1. The molecule has 0 aliphatic carbocycles. The van der Waals surface area contributed by atoms with Crippen LogP contribution in [0.2, 0.25) is 0 Å². The number of aromatic nitrogens is 3. The Hall–Kier alpha value is -4.08. The van der Waals surface area contributed by atoms with Crippen LogP contribution in [-0.4, -0.2) is 21.1 Å². The van der Waals surface area contributed by atoms with Gasteiger partial charge in [0, 0.05) is 6.07 Å². The molecule has 1 aliphatic rings. The number of nitrogens with one attached hydrogen (secondary N) is 1. The van der Waals surface area contributed by atoms with Gasteiger partial charge in [-0.2, -0.15) is 23.3 Å². The summed E-state index contributed by atoms with van der Waals surface area (Å²) in [5.41, 5.74) is 1.22. The van der Waals surface area contributed by atoms with Gasteiger partial charge in [0.25, 0.3) is 0 Å². The molecule has 0 fully saturated rings. The molecule has 3 aromatic carbocycles. The third-order valence-electron chi connectivity index (χ3n) is 5.66. The highest BCUT2D eigenvalue weighted by atomic mass is 19.4. The standard InChI is InChI=1S/C24H15F5N4O/c25-17-6-13(7-18(26)11-17)8-20-19-10-15(14-2-1-3-16(9-14)24(27,28)29)4-5-21(19)33(22(20)34)23-30-12-31-32-23/h1-7,9-12,20H,8H2,(H,30,31,32). The van der Waals surface area contributed by atoms with Gasteiger partial charge in [0.15, 0.2) is 0 Å². The molecular weight excluding hydrogens is 455 g/mol. The Kier molecular flexibility index (Phi) is 5.15. The first-order valence-electron chi connectivity index (χ1n) is 10.2. The molecule has 5 rings (SSSR count). The smallest absolute Gasteiger partial charge is 0.273 e. The van der Waals surface area contributed by atoms with Crippen LogP contribution in [0.3, 0.4) is 0 Å². The molecule has 0 radical (unpaired) electrons. The van der Waals surface area contributed by atoms with E-state index in [2.05, 4.69) is 15.2 Å². The summed E-state index contributed by atoms with van der Waals surface area (Å²) < 4.78 is 67.1. The fourth-order valence-electron chi connectivity index (χ4n) is 4.19. The van der Waals surface area contributed by atoms with Gasteiger partial charge in [-0.1, -0.05) is 18.2 Å². The number of benzene rings is 3. The second-order valence-corrected chi connectivity index (χ2v) is 7.87. The summed E-state index contributed by atoms with van der Waals surface area (Å²) in [5, 5.41) is 6.39. The van der Waals surface area contributed by atoms with Gasteiger partial charge in [-0.3, -0.25) is 4.79 Å². The van der Waals surface area contributed by atoms with Crippen molar-refractivity contribution in [3.8, 4) is 11.1 Å². The van der Waals surface area contributed by atoms with Crippen molar-refractivity contribution in [1.82, 2.24) is 15.2 Å². The maximum Gasteiger partial charge on any atom is 0.416 e. The number of hydrogen-bond donors (Lipinski definition) is 1. The molecule has 1 aromatic heterocycles. The number of anilines is 2. The first-order valence-corrected chi connectivity index (χ1v) is 10.2. The van der Waals surface area contributed by atoms with E-state index in [0.29, 0.717) is 22.4 Å². The van der Waals surface area contributed by atoms with Crippen molar-refractivity contribution < 1.29 is 26.7 Å². The summed E-state index contributed by atoms with van der Waals surface area (Å²) in [4.78, 5) is 18.7.